The molecule has 0 rings (SSSR count). The van der Waals surface area contributed by atoms with Crippen molar-refractivity contribution in [3.63, 3.8) is 0 Å². The lowest BCUT2D eigenvalue weighted by Crippen LogP contribution is -2.29. The van der Waals surface area contributed by atoms with Crippen molar-refractivity contribution < 1.29 is 43.0 Å². The summed E-state index contributed by atoms with van der Waals surface area (Å²) in [4.78, 5) is 22.4. The molecule has 288 valence electrons. The van der Waals surface area contributed by atoms with Crippen molar-refractivity contribution in [2.45, 2.75) is 174 Å². The molecule has 49 heavy (non-hydrogen) atoms. The highest BCUT2D eigenvalue weighted by molar-refractivity contribution is 7.47. The third-order valence-electron chi connectivity index (χ3n) is 8.03. The predicted molar refractivity (Wildman–Crippen MR) is 200 cm³/mol. The van der Waals surface area contributed by atoms with Crippen molar-refractivity contribution >= 4 is 13.8 Å². The molecule has 0 amide bonds. The van der Waals surface area contributed by atoms with E-state index in [-0.39, 0.29) is 19.6 Å². The Labute approximate surface area is 299 Å². The van der Waals surface area contributed by atoms with E-state index in [4.69, 9.17) is 23.6 Å². The first-order valence-electron chi connectivity index (χ1n) is 19.5. The van der Waals surface area contributed by atoms with Crippen LogP contribution < -0.4 is 0 Å². The van der Waals surface area contributed by atoms with E-state index >= 15 is 0 Å². The minimum absolute atomic E-state index is 0.0419. The number of ether oxygens (including phenoxy) is 2. The average Bonchev–Trinajstić information content (AvgIpc) is 3.09. The van der Waals surface area contributed by atoms with Crippen molar-refractivity contribution in [1.29, 1.82) is 0 Å². The highest BCUT2D eigenvalue weighted by Crippen LogP contribution is 2.43. The van der Waals surface area contributed by atoms with Gasteiger partial charge in [0.05, 0.1) is 26.4 Å². The Bertz CT molecular complexity index is 861. The van der Waals surface area contributed by atoms with Gasteiger partial charge in [-0.3, -0.25) is 13.8 Å². The fourth-order valence-corrected chi connectivity index (χ4v) is 5.82. The van der Waals surface area contributed by atoms with E-state index in [1.165, 1.54) is 64.2 Å². The van der Waals surface area contributed by atoms with Crippen LogP contribution in [-0.4, -0.2) is 66.3 Å². The average molecular weight is 717 g/mol. The van der Waals surface area contributed by atoms with E-state index in [9.17, 15) is 19.4 Å². The number of carbonyl (C=O) groups excluding carboxylic acids is 1. The van der Waals surface area contributed by atoms with Gasteiger partial charge in [-0.15, -0.1) is 0 Å². The third kappa shape index (κ3) is 36.3. The van der Waals surface area contributed by atoms with E-state index in [2.05, 4.69) is 50.3 Å². The fraction of sp³-hybridized carbons (Fsp3) is 0.821. The number of hydrogen-bond donors (Lipinski definition) is 3. The van der Waals surface area contributed by atoms with Gasteiger partial charge in [0.25, 0.3) is 0 Å². The standard InChI is InChI=1S/C39H73O9P/c1-3-5-7-9-11-13-15-16-17-18-19-20-21-22-24-26-28-30-32-45-35-38(36-47-49(43,44)46-34-37(41)33-40)48-39(42)31-29-27-25-23-14-12-10-8-6-4-2/h8,10-11,13,16-17,37-38,40-41H,3-7,9,12,14-15,18-36H2,1-2H3,(H,43,44)/b10-8-,13-11-,17-16-. The molecule has 0 fully saturated rings. The molecule has 0 aliphatic heterocycles. The topological polar surface area (TPSA) is 132 Å². The molecule has 0 aromatic carbocycles. The number of aliphatic hydroxyl groups excluding tert-OH is 2. The molecule has 10 heteroatoms. The molecular formula is C39H73O9P. The molecule has 0 aromatic heterocycles. The van der Waals surface area contributed by atoms with E-state index in [0.29, 0.717) is 13.0 Å². The largest absolute Gasteiger partial charge is 0.472 e. The number of allylic oxidation sites excluding steroid dienone is 6. The molecule has 3 atom stereocenters. The molecule has 0 bridgehead atoms. The molecule has 0 spiro atoms. The summed E-state index contributed by atoms with van der Waals surface area (Å²) in [7, 11) is -4.51. The van der Waals surface area contributed by atoms with E-state index in [1.54, 1.807) is 0 Å². The van der Waals surface area contributed by atoms with Gasteiger partial charge in [0.2, 0.25) is 0 Å². The zero-order chi connectivity index (χ0) is 36.1. The van der Waals surface area contributed by atoms with Crippen LogP contribution in [0.5, 0.6) is 0 Å². The maximum absolute atomic E-state index is 12.5. The molecule has 9 nitrogen and oxygen atoms in total. The second-order valence-electron chi connectivity index (χ2n) is 12.9. The van der Waals surface area contributed by atoms with Gasteiger partial charge in [-0.05, 0) is 64.2 Å². The molecule has 0 radical (unpaired) electrons. The molecular weight excluding hydrogens is 643 g/mol. The Morgan fingerprint density at radius 1 is 0.633 bits per heavy atom. The number of esters is 1. The van der Waals surface area contributed by atoms with Gasteiger partial charge in [-0.25, -0.2) is 4.57 Å². The number of carbonyl (C=O) groups is 1. The summed E-state index contributed by atoms with van der Waals surface area (Å²) in [6.45, 7) is 3.39. The second-order valence-corrected chi connectivity index (χ2v) is 14.4. The number of hydrogen-bond acceptors (Lipinski definition) is 8. The molecule has 3 N–H and O–H groups in total. The van der Waals surface area contributed by atoms with Crippen LogP contribution in [0.15, 0.2) is 36.5 Å². The highest BCUT2D eigenvalue weighted by Gasteiger charge is 2.26. The Morgan fingerprint density at radius 2 is 1.14 bits per heavy atom. The van der Waals surface area contributed by atoms with Crippen LogP contribution in [0, 0.1) is 0 Å². The van der Waals surface area contributed by atoms with Gasteiger partial charge in [-0.2, -0.15) is 0 Å². The summed E-state index contributed by atoms with van der Waals surface area (Å²) in [6.07, 6.45) is 36.8. The number of phosphoric ester groups is 1. The zero-order valence-corrected chi connectivity index (χ0v) is 32.1. The van der Waals surface area contributed by atoms with Crippen LogP contribution in [0.4, 0.5) is 0 Å². The lowest BCUT2D eigenvalue weighted by atomic mass is 10.1. The number of aliphatic hydroxyl groups is 2. The van der Waals surface area contributed by atoms with Crippen LogP contribution in [0.1, 0.15) is 162 Å². The van der Waals surface area contributed by atoms with Crippen LogP contribution in [0.25, 0.3) is 0 Å². The van der Waals surface area contributed by atoms with Gasteiger partial charge < -0.3 is 24.6 Å². The molecule has 0 saturated heterocycles. The van der Waals surface area contributed by atoms with Crippen LogP contribution in [0.2, 0.25) is 0 Å². The Kier molecular flexibility index (Phi) is 35.5. The van der Waals surface area contributed by atoms with Crippen molar-refractivity contribution in [2.75, 3.05) is 33.0 Å². The minimum atomic E-state index is -4.51. The highest BCUT2D eigenvalue weighted by atomic mass is 31.2. The lowest BCUT2D eigenvalue weighted by Gasteiger charge is -2.20. The smallest absolute Gasteiger partial charge is 0.457 e. The van der Waals surface area contributed by atoms with Gasteiger partial charge in [0, 0.05) is 13.0 Å². The zero-order valence-electron chi connectivity index (χ0n) is 31.2. The molecule has 3 unspecified atom stereocenters. The van der Waals surface area contributed by atoms with Crippen LogP contribution in [0.3, 0.4) is 0 Å². The van der Waals surface area contributed by atoms with Crippen LogP contribution >= 0.6 is 7.82 Å². The summed E-state index contributed by atoms with van der Waals surface area (Å²) in [5.74, 6) is -0.398. The monoisotopic (exact) mass is 716 g/mol. The van der Waals surface area contributed by atoms with Gasteiger partial charge in [0.1, 0.15) is 12.2 Å². The Hall–Kier alpha value is -1.32. The number of rotatable bonds is 37. The Balaban J connectivity index is 4.18. The first kappa shape index (κ1) is 47.7. The molecule has 0 heterocycles. The second kappa shape index (κ2) is 36.5. The first-order chi connectivity index (χ1) is 23.8. The first-order valence-corrected chi connectivity index (χ1v) is 21.0. The fourth-order valence-electron chi connectivity index (χ4n) is 5.03. The summed E-state index contributed by atoms with van der Waals surface area (Å²) < 4.78 is 33.2. The van der Waals surface area contributed by atoms with Crippen LogP contribution in [-0.2, 0) is 27.9 Å². The predicted octanol–water partition coefficient (Wildman–Crippen LogP) is 10.1. The SMILES string of the molecule is CCC/C=C\CCCCCCCC(=O)OC(COCCCCCCCCCC/C=C\C/C=C\CCCCC)COP(=O)(O)OCC(O)CO. The van der Waals surface area contributed by atoms with Crippen molar-refractivity contribution in [3.05, 3.63) is 36.5 Å². The maximum atomic E-state index is 12.5. The maximum Gasteiger partial charge on any atom is 0.472 e. The van der Waals surface area contributed by atoms with Crippen molar-refractivity contribution in [3.8, 4) is 0 Å². The summed E-state index contributed by atoms with van der Waals surface area (Å²) in [5, 5.41) is 18.3. The molecule has 0 aliphatic carbocycles. The Morgan fingerprint density at radius 3 is 1.73 bits per heavy atom. The minimum Gasteiger partial charge on any atom is -0.457 e. The van der Waals surface area contributed by atoms with E-state index in [1.807, 2.05) is 0 Å². The molecule has 0 aromatic rings. The lowest BCUT2D eigenvalue weighted by molar-refractivity contribution is -0.154. The van der Waals surface area contributed by atoms with Gasteiger partial charge in [-0.1, -0.05) is 127 Å². The summed E-state index contributed by atoms with van der Waals surface area (Å²) in [6, 6.07) is 0. The normalized spacial score (nSPS) is 14.6. The summed E-state index contributed by atoms with van der Waals surface area (Å²) in [5.41, 5.74) is 0. The van der Waals surface area contributed by atoms with E-state index < -0.39 is 39.2 Å². The van der Waals surface area contributed by atoms with Crippen molar-refractivity contribution in [2.24, 2.45) is 0 Å². The van der Waals surface area contributed by atoms with Gasteiger partial charge >= 0.3 is 13.8 Å². The number of phosphoric acid groups is 1. The third-order valence-corrected chi connectivity index (χ3v) is 8.98. The van der Waals surface area contributed by atoms with Crippen molar-refractivity contribution in [1.82, 2.24) is 0 Å². The number of unbranched alkanes of at least 4 members (excludes halogenated alkanes) is 17. The van der Waals surface area contributed by atoms with E-state index in [0.717, 1.165) is 70.6 Å². The molecule has 0 saturated carbocycles. The molecule has 0 aliphatic rings. The summed E-state index contributed by atoms with van der Waals surface area (Å²) >= 11 is 0. The quantitative estimate of drug-likeness (QED) is 0.0249. The van der Waals surface area contributed by atoms with Gasteiger partial charge in [0.15, 0.2) is 0 Å².